The summed E-state index contributed by atoms with van der Waals surface area (Å²) < 4.78 is 1.13. The van der Waals surface area contributed by atoms with Crippen LogP contribution in [0.4, 0.5) is 5.69 Å². The molecule has 144 valence electrons. The Morgan fingerprint density at radius 2 is 1.74 bits per heavy atom. The van der Waals surface area contributed by atoms with E-state index in [1.54, 1.807) is 0 Å². The minimum atomic E-state index is 0.106. The van der Waals surface area contributed by atoms with Crippen LogP contribution in [0.2, 0.25) is 0 Å². The molecule has 0 spiro atoms. The molecule has 2 nitrogen and oxygen atoms in total. The first kappa shape index (κ1) is 20.8. The summed E-state index contributed by atoms with van der Waals surface area (Å²) in [6.07, 6.45) is 4.99. The van der Waals surface area contributed by atoms with Crippen molar-refractivity contribution in [1.82, 2.24) is 0 Å². The van der Waals surface area contributed by atoms with Gasteiger partial charge >= 0.3 is 0 Å². The number of hydrogen-bond acceptors (Lipinski definition) is 3. The van der Waals surface area contributed by atoms with Crippen LogP contribution in [-0.4, -0.2) is 22.2 Å². The van der Waals surface area contributed by atoms with Crippen LogP contribution in [0.25, 0.3) is 0 Å². The Morgan fingerprint density at radius 3 is 2.44 bits per heavy atom. The topological polar surface area (TPSA) is 29.1 Å². The highest BCUT2D eigenvalue weighted by Crippen LogP contribution is 2.40. The third-order valence-electron chi connectivity index (χ3n) is 4.90. The average molecular weight is 464 g/mol. The van der Waals surface area contributed by atoms with E-state index in [9.17, 15) is 4.79 Å². The quantitative estimate of drug-likeness (QED) is 0.507. The Labute approximate surface area is 179 Å². The summed E-state index contributed by atoms with van der Waals surface area (Å²) in [7, 11) is 0. The molecule has 1 saturated carbocycles. The van der Waals surface area contributed by atoms with Gasteiger partial charge in [0.05, 0.1) is 5.75 Å². The summed E-state index contributed by atoms with van der Waals surface area (Å²) in [6, 6.07) is 14.6. The summed E-state index contributed by atoms with van der Waals surface area (Å²) in [5.41, 5.74) is 3.20. The number of benzene rings is 2. The van der Waals surface area contributed by atoms with Gasteiger partial charge in [0.15, 0.2) is 0 Å². The van der Waals surface area contributed by atoms with Gasteiger partial charge in [0.25, 0.3) is 0 Å². The van der Waals surface area contributed by atoms with Crippen LogP contribution >= 0.6 is 39.5 Å². The van der Waals surface area contributed by atoms with Gasteiger partial charge < -0.3 is 5.32 Å². The minimum absolute atomic E-state index is 0.106. The van der Waals surface area contributed by atoms with Gasteiger partial charge in [0.1, 0.15) is 0 Å². The molecule has 0 heterocycles. The number of aryl methyl sites for hydroxylation is 2. The smallest absolute Gasteiger partial charge is 0.234 e. The van der Waals surface area contributed by atoms with Crippen LogP contribution < -0.4 is 5.32 Å². The fourth-order valence-electron chi connectivity index (χ4n) is 3.47. The van der Waals surface area contributed by atoms with Crippen molar-refractivity contribution in [1.29, 1.82) is 0 Å². The lowest BCUT2D eigenvalue weighted by Crippen LogP contribution is -2.27. The zero-order valence-electron chi connectivity index (χ0n) is 15.8. The molecule has 27 heavy (non-hydrogen) atoms. The molecule has 1 aliphatic carbocycles. The molecule has 2 aromatic rings. The Morgan fingerprint density at radius 1 is 1.07 bits per heavy atom. The SMILES string of the molecule is Cc1cccc(C)c1NC(=O)CS[C@@H]1CCCC[C@H]1Sc1cccc(Br)c1. The predicted octanol–water partition coefficient (Wildman–Crippen LogP) is 6.84. The summed E-state index contributed by atoms with van der Waals surface area (Å²) >= 11 is 7.35. The number of amides is 1. The summed E-state index contributed by atoms with van der Waals surface area (Å²) in [5, 5.41) is 4.23. The van der Waals surface area contributed by atoms with E-state index in [-0.39, 0.29) is 5.91 Å². The maximum atomic E-state index is 12.5. The molecule has 1 aliphatic rings. The Kier molecular flexibility index (Phi) is 7.74. The average Bonchev–Trinajstić information content (AvgIpc) is 2.64. The van der Waals surface area contributed by atoms with Crippen LogP contribution in [0.5, 0.6) is 0 Å². The van der Waals surface area contributed by atoms with Gasteiger partial charge in [-0.05, 0) is 56.0 Å². The largest absolute Gasteiger partial charge is 0.325 e. The lowest BCUT2D eigenvalue weighted by molar-refractivity contribution is -0.113. The highest BCUT2D eigenvalue weighted by molar-refractivity contribution is 9.10. The molecule has 1 N–H and O–H groups in total. The zero-order valence-corrected chi connectivity index (χ0v) is 19.1. The van der Waals surface area contributed by atoms with E-state index in [0.29, 0.717) is 16.3 Å². The molecule has 0 saturated heterocycles. The molecule has 0 aliphatic heterocycles. The van der Waals surface area contributed by atoms with Crippen molar-refractivity contribution in [3.05, 3.63) is 58.1 Å². The van der Waals surface area contributed by atoms with E-state index in [0.717, 1.165) is 21.3 Å². The van der Waals surface area contributed by atoms with Crippen molar-refractivity contribution in [3.8, 4) is 0 Å². The fourth-order valence-corrected chi connectivity index (χ4v) is 6.82. The molecule has 0 radical (unpaired) electrons. The second kappa shape index (κ2) is 10.0. The Bertz CT molecular complexity index is 775. The van der Waals surface area contributed by atoms with Crippen molar-refractivity contribution < 1.29 is 4.79 Å². The molecular weight excluding hydrogens is 438 g/mol. The lowest BCUT2D eigenvalue weighted by Gasteiger charge is -2.30. The first-order valence-electron chi connectivity index (χ1n) is 9.43. The monoisotopic (exact) mass is 463 g/mol. The van der Waals surface area contributed by atoms with Crippen LogP contribution in [0.15, 0.2) is 51.8 Å². The van der Waals surface area contributed by atoms with Gasteiger partial charge in [-0.2, -0.15) is 0 Å². The van der Waals surface area contributed by atoms with Crippen molar-refractivity contribution in [2.24, 2.45) is 0 Å². The van der Waals surface area contributed by atoms with Gasteiger partial charge in [0, 0.05) is 25.6 Å². The number of anilines is 1. The van der Waals surface area contributed by atoms with Crippen LogP contribution in [0, 0.1) is 13.8 Å². The van der Waals surface area contributed by atoms with Crippen LogP contribution in [0.3, 0.4) is 0 Å². The number of para-hydroxylation sites is 1. The first-order chi connectivity index (χ1) is 13.0. The number of thioether (sulfide) groups is 2. The molecular formula is C22H26BrNOS2. The van der Waals surface area contributed by atoms with Crippen molar-refractivity contribution >= 4 is 51.0 Å². The third-order valence-corrected chi connectivity index (χ3v) is 8.38. The third kappa shape index (κ3) is 6.03. The molecule has 2 aromatic carbocycles. The number of nitrogens with one attached hydrogen (secondary N) is 1. The van der Waals surface area contributed by atoms with Crippen molar-refractivity contribution in [2.75, 3.05) is 11.1 Å². The van der Waals surface area contributed by atoms with Crippen LogP contribution in [-0.2, 0) is 4.79 Å². The van der Waals surface area contributed by atoms with Gasteiger partial charge in [-0.3, -0.25) is 4.79 Å². The molecule has 0 aromatic heterocycles. The number of rotatable bonds is 6. The number of hydrogen-bond donors (Lipinski definition) is 1. The van der Waals surface area contributed by atoms with E-state index in [1.165, 1.54) is 30.6 Å². The van der Waals surface area contributed by atoms with Gasteiger partial charge in [-0.25, -0.2) is 0 Å². The van der Waals surface area contributed by atoms with Gasteiger partial charge in [0.2, 0.25) is 5.91 Å². The van der Waals surface area contributed by atoms with E-state index in [2.05, 4.69) is 45.5 Å². The van der Waals surface area contributed by atoms with Crippen LogP contribution in [0.1, 0.15) is 36.8 Å². The molecule has 1 amide bonds. The Hall–Kier alpha value is -0.910. The maximum Gasteiger partial charge on any atom is 0.234 e. The second-order valence-electron chi connectivity index (χ2n) is 7.06. The van der Waals surface area contributed by atoms with E-state index in [4.69, 9.17) is 0 Å². The van der Waals surface area contributed by atoms with Gasteiger partial charge in [-0.15, -0.1) is 23.5 Å². The zero-order chi connectivity index (χ0) is 19.2. The maximum absolute atomic E-state index is 12.5. The van der Waals surface area contributed by atoms with Crippen molar-refractivity contribution in [2.45, 2.75) is 54.9 Å². The number of carbonyl (C=O) groups is 1. The number of carbonyl (C=O) groups excluding carboxylic acids is 1. The minimum Gasteiger partial charge on any atom is -0.325 e. The van der Waals surface area contributed by atoms with Crippen molar-refractivity contribution in [3.63, 3.8) is 0 Å². The molecule has 0 bridgehead atoms. The van der Waals surface area contributed by atoms with E-state index < -0.39 is 0 Å². The summed E-state index contributed by atoms with van der Waals surface area (Å²) in [6.45, 7) is 4.09. The predicted molar refractivity (Wildman–Crippen MR) is 123 cm³/mol. The summed E-state index contributed by atoms with van der Waals surface area (Å²) in [4.78, 5) is 13.8. The van der Waals surface area contributed by atoms with E-state index in [1.807, 2.05) is 55.6 Å². The lowest BCUT2D eigenvalue weighted by atomic mass is 10.00. The Balaban J connectivity index is 1.57. The van der Waals surface area contributed by atoms with E-state index >= 15 is 0 Å². The fraction of sp³-hybridized carbons (Fsp3) is 0.409. The highest BCUT2D eigenvalue weighted by Gasteiger charge is 2.27. The summed E-state index contributed by atoms with van der Waals surface area (Å²) in [5.74, 6) is 0.628. The molecule has 2 atom stereocenters. The molecule has 5 heteroatoms. The number of halogens is 1. The molecule has 1 fully saturated rings. The molecule has 0 unspecified atom stereocenters. The normalized spacial score (nSPS) is 19.7. The first-order valence-corrected chi connectivity index (χ1v) is 12.1. The standard InChI is InChI=1S/C22H26BrNOS2/c1-15-7-5-8-16(2)22(15)24-21(25)14-26-19-11-3-4-12-20(19)27-18-10-6-9-17(23)13-18/h5-10,13,19-20H,3-4,11-12,14H2,1-2H3,(H,24,25)/t19-,20-/m1/s1. The molecule has 3 rings (SSSR count). The highest BCUT2D eigenvalue weighted by atomic mass is 79.9. The second-order valence-corrected chi connectivity index (χ2v) is 10.5. The van der Waals surface area contributed by atoms with Gasteiger partial charge in [-0.1, -0.05) is 53.0 Å².